The number of rotatable bonds is 5. The summed E-state index contributed by atoms with van der Waals surface area (Å²) in [5, 5.41) is 2.36. The fourth-order valence-corrected chi connectivity index (χ4v) is 7.99. The van der Waals surface area contributed by atoms with E-state index in [9.17, 15) is 0 Å². The molecule has 4 heteroatoms. The van der Waals surface area contributed by atoms with Crippen LogP contribution in [0, 0.1) is 0 Å². The lowest BCUT2D eigenvalue weighted by atomic mass is 9.82. The third-order valence-electron chi connectivity index (χ3n) is 10.7. The predicted molar refractivity (Wildman–Crippen MR) is 213 cm³/mol. The van der Waals surface area contributed by atoms with E-state index in [4.69, 9.17) is 15.0 Å². The van der Waals surface area contributed by atoms with Gasteiger partial charge in [0.25, 0.3) is 0 Å². The van der Waals surface area contributed by atoms with Gasteiger partial charge in [-0.1, -0.05) is 166 Å². The van der Waals surface area contributed by atoms with Crippen molar-refractivity contribution < 1.29 is 0 Å². The Morgan fingerprint density at radius 3 is 1.50 bits per heavy atom. The molecule has 0 radical (unpaired) electrons. The molecular weight excluding hydrogens is 633 g/mol. The Morgan fingerprint density at radius 2 is 0.885 bits per heavy atom. The van der Waals surface area contributed by atoms with Crippen LogP contribution in [-0.4, -0.2) is 19.5 Å². The van der Waals surface area contributed by atoms with Crippen LogP contribution in [0.4, 0.5) is 0 Å². The van der Waals surface area contributed by atoms with Crippen LogP contribution in [0.25, 0.3) is 83.9 Å². The van der Waals surface area contributed by atoms with Gasteiger partial charge >= 0.3 is 0 Å². The molecule has 0 amide bonds. The van der Waals surface area contributed by atoms with E-state index in [0.717, 1.165) is 33.3 Å². The number of benzene rings is 7. The van der Waals surface area contributed by atoms with Crippen molar-refractivity contribution in [1.82, 2.24) is 19.5 Å². The first-order chi connectivity index (χ1) is 25.5. The van der Waals surface area contributed by atoms with Gasteiger partial charge in [-0.25, -0.2) is 4.98 Å². The predicted octanol–water partition coefficient (Wildman–Crippen LogP) is 11.9. The van der Waals surface area contributed by atoms with Crippen molar-refractivity contribution in [3.05, 3.63) is 181 Å². The lowest BCUT2D eigenvalue weighted by Crippen LogP contribution is -2.15. The summed E-state index contributed by atoms with van der Waals surface area (Å²) >= 11 is 0. The molecule has 0 fully saturated rings. The molecule has 2 heterocycles. The molecule has 9 aromatic rings. The zero-order chi connectivity index (χ0) is 34.8. The zero-order valence-electron chi connectivity index (χ0n) is 29.0. The molecular formula is C48H34N4. The van der Waals surface area contributed by atoms with Gasteiger partial charge < -0.3 is 0 Å². The lowest BCUT2D eigenvalue weighted by molar-refractivity contribution is 0.661. The molecule has 0 unspecified atom stereocenters. The molecule has 0 N–H and O–H groups in total. The number of fused-ring (bicyclic) bond motifs is 6. The second kappa shape index (κ2) is 11.7. The van der Waals surface area contributed by atoms with E-state index in [0.29, 0.717) is 17.6 Å². The van der Waals surface area contributed by atoms with Crippen molar-refractivity contribution >= 4 is 21.8 Å². The van der Waals surface area contributed by atoms with Gasteiger partial charge in [0, 0.05) is 27.3 Å². The highest BCUT2D eigenvalue weighted by Crippen LogP contribution is 2.51. The molecule has 7 aromatic carbocycles. The lowest BCUT2D eigenvalue weighted by Gasteiger charge is -2.21. The summed E-state index contributed by atoms with van der Waals surface area (Å²) in [6, 6.07) is 60.1. The first kappa shape index (κ1) is 30.2. The Labute approximate surface area is 302 Å². The quantitative estimate of drug-likeness (QED) is 0.184. The van der Waals surface area contributed by atoms with Crippen molar-refractivity contribution in [2.75, 3.05) is 0 Å². The van der Waals surface area contributed by atoms with E-state index in [2.05, 4.69) is 176 Å². The van der Waals surface area contributed by atoms with Crippen LogP contribution in [0.2, 0.25) is 0 Å². The van der Waals surface area contributed by atoms with Gasteiger partial charge in [0.2, 0.25) is 5.95 Å². The van der Waals surface area contributed by atoms with Gasteiger partial charge in [0.05, 0.1) is 11.0 Å². The van der Waals surface area contributed by atoms with Crippen molar-refractivity contribution in [3.8, 4) is 62.1 Å². The second-order valence-electron chi connectivity index (χ2n) is 14.1. The SMILES string of the molecule is CC1(C)c2ccccc2-c2cc3c4ccccc4n(-c4nc(-c5ccc(-c6ccccc6)cc5)nc(-c5ccc(-c6ccccc6)cc5)n4)c3cc21. The molecule has 0 saturated carbocycles. The molecule has 0 atom stereocenters. The standard InChI is InChI=1S/C48H34N4/c1-48(2)41-19-11-9-17-37(41)39-29-40-38-18-10-12-20-43(38)52(44(40)30-42(39)48)47-50-45(35-25-21-33(22-26-35)31-13-5-3-6-14-31)49-46(51-47)36-27-23-34(24-28-36)32-15-7-4-8-16-32/h3-30H,1-2H3. The first-order valence-corrected chi connectivity index (χ1v) is 17.8. The summed E-state index contributed by atoms with van der Waals surface area (Å²) in [7, 11) is 0. The Bertz CT molecular complexity index is 2680. The van der Waals surface area contributed by atoms with Crippen LogP contribution in [0.5, 0.6) is 0 Å². The van der Waals surface area contributed by atoms with Crippen molar-refractivity contribution in [3.63, 3.8) is 0 Å². The topological polar surface area (TPSA) is 43.6 Å². The van der Waals surface area contributed by atoms with E-state index < -0.39 is 0 Å². The number of hydrogen-bond acceptors (Lipinski definition) is 3. The maximum absolute atomic E-state index is 5.25. The normalized spacial score (nSPS) is 13.0. The molecule has 52 heavy (non-hydrogen) atoms. The molecule has 2 aromatic heterocycles. The minimum absolute atomic E-state index is 0.141. The maximum Gasteiger partial charge on any atom is 0.238 e. The second-order valence-corrected chi connectivity index (χ2v) is 14.1. The first-order valence-electron chi connectivity index (χ1n) is 17.8. The van der Waals surface area contributed by atoms with E-state index in [1.165, 1.54) is 44.2 Å². The van der Waals surface area contributed by atoms with Gasteiger partial charge in [0.15, 0.2) is 11.6 Å². The van der Waals surface area contributed by atoms with E-state index >= 15 is 0 Å². The summed E-state index contributed by atoms with van der Waals surface area (Å²) in [5.41, 5.74) is 13.8. The largest absolute Gasteiger partial charge is 0.278 e. The Hall–Kier alpha value is -6.65. The minimum Gasteiger partial charge on any atom is -0.278 e. The van der Waals surface area contributed by atoms with Crippen LogP contribution in [0.1, 0.15) is 25.0 Å². The van der Waals surface area contributed by atoms with Crippen LogP contribution >= 0.6 is 0 Å². The third kappa shape index (κ3) is 4.79. The van der Waals surface area contributed by atoms with Crippen LogP contribution in [0.15, 0.2) is 170 Å². The third-order valence-corrected chi connectivity index (χ3v) is 10.7. The monoisotopic (exact) mass is 666 g/mol. The fourth-order valence-electron chi connectivity index (χ4n) is 7.99. The molecule has 0 spiro atoms. The maximum atomic E-state index is 5.25. The molecule has 10 rings (SSSR count). The average Bonchev–Trinajstić information content (AvgIpc) is 3.65. The molecule has 4 nitrogen and oxygen atoms in total. The highest BCUT2D eigenvalue weighted by molar-refractivity contribution is 6.11. The molecule has 1 aliphatic rings. The zero-order valence-corrected chi connectivity index (χ0v) is 29.0. The van der Waals surface area contributed by atoms with Gasteiger partial charge in [0.1, 0.15) is 0 Å². The van der Waals surface area contributed by atoms with Crippen molar-refractivity contribution in [2.24, 2.45) is 0 Å². The van der Waals surface area contributed by atoms with Gasteiger partial charge in [-0.3, -0.25) is 4.57 Å². The summed E-state index contributed by atoms with van der Waals surface area (Å²) in [6.07, 6.45) is 0. The van der Waals surface area contributed by atoms with Gasteiger partial charge in [-0.05, 0) is 62.7 Å². The van der Waals surface area contributed by atoms with Crippen molar-refractivity contribution in [1.29, 1.82) is 0 Å². The van der Waals surface area contributed by atoms with E-state index in [1.54, 1.807) is 0 Å². The van der Waals surface area contributed by atoms with Gasteiger partial charge in [-0.15, -0.1) is 0 Å². The summed E-state index contributed by atoms with van der Waals surface area (Å²) in [5.74, 6) is 1.86. The van der Waals surface area contributed by atoms with Crippen molar-refractivity contribution in [2.45, 2.75) is 19.3 Å². The molecule has 246 valence electrons. The summed E-state index contributed by atoms with van der Waals surface area (Å²) in [6.45, 7) is 4.65. The highest BCUT2D eigenvalue weighted by atomic mass is 15.2. The number of aromatic nitrogens is 4. The summed E-state index contributed by atoms with van der Waals surface area (Å²) < 4.78 is 2.23. The van der Waals surface area contributed by atoms with Gasteiger partial charge in [-0.2, -0.15) is 9.97 Å². The Balaban J connectivity index is 1.19. The number of hydrogen-bond donors (Lipinski definition) is 0. The Kier molecular flexibility index (Phi) is 6.80. The average molecular weight is 667 g/mol. The summed E-state index contributed by atoms with van der Waals surface area (Å²) in [4.78, 5) is 15.6. The molecule has 1 aliphatic carbocycles. The minimum atomic E-state index is -0.141. The van der Waals surface area contributed by atoms with Crippen LogP contribution in [0.3, 0.4) is 0 Å². The van der Waals surface area contributed by atoms with E-state index in [-0.39, 0.29) is 5.41 Å². The Morgan fingerprint density at radius 1 is 0.385 bits per heavy atom. The number of para-hydroxylation sites is 1. The smallest absolute Gasteiger partial charge is 0.238 e. The van der Waals surface area contributed by atoms with Crippen LogP contribution < -0.4 is 0 Å². The highest BCUT2D eigenvalue weighted by Gasteiger charge is 2.36. The van der Waals surface area contributed by atoms with Crippen LogP contribution in [-0.2, 0) is 5.41 Å². The molecule has 0 aliphatic heterocycles. The van der Waals surface area contributed by atoms with E-state index in [1.807, 2.05) is 12.1 Å². The number of nitrogens with zero attached hydrogens (tertiary/aromatic N) is 4. The fraction of sp³-hybridized carbons (Fsp3) is 0.0625. The molecule has 0 saturated heterocycles. The molecule has 0 bridgehead atoms.